The van der Waals surface area contributed by atoms with Gasteiger partial charge in [0.05, 0.1) is 19.8 Å². The molecule has 0 aliphatic carbocycles. The van der Waals surface area contributed by atoms with Crippen molar-refractivity contribution in [3.63, 3.8) is 0 Å². The van der Waals surface area contributed by atoms with E-state index in [-0.39, 0.29) is 38.8 Å². The van der Waals surface area contributed by atoms with Crippen LogP contribution < -0.4 is 5.73 Å². The molecule has 0 heterocycles. The largest absolute Gasteiger partial charge is 0.472 e. The van der Waals surface area contributed by atoms with Crippen LogP contribution in [0.5, 0.6) is 0 Å². The molecule has 0 saturated carbocycles. The number of hydrogen-bond acceptors (Lipinski definition) is 7. The molecule has 0 aliphatic heterocycles. The Morgan fingerprint density at radius 2 is 1.04 bits per heavy atom. The van der Waals surface area contributed by atoms with Gasteiger partial charge in [-0.1, -0.05) is 170 Å². The molecular weight excluding hydrogens is 697 g/mol. The van der Waals surface area contributed by atoms with Crippen molar-refractivity contribution in [1.29, 1.82) is 0 Å². The number of ether oxygens (including phenoxy) is 2. The van der Waals surface area contributed by atoms with Crippen LogP contribution in [0.1, 0.15) is 168 Å². The number of nitrogens with two attached hydrogens (primary N) is 1. The first-order valence-corrected chi connectivity index (χ1v) is 22.9. The SMILES string of the molecule is CC/C=C\C/C=C\C/C=C\C/C=C\C/C=C\C/C=C\CCCCC(=O)OC(COCCCCCCCCCCCCCCCC)COP(=O)(O)OCCN. The summed E-state index contributed by atoms with van der Waals surface area (Å²) in [7, 11) is -4.29. The lowest BCUT2D eigenvalue weighted by Gasteiger charge is -2.20. The van der Waals surface area contributed by atoms with E-state index in [1.807, 2.05) is 0 Å². The van der Waals surface area contributed by atoms with Crippen LogP contribution in [-0.2, 0) is 27.9 Å². The van der Waals surface area contributed by atoms with Crippen LogP contribution in [0.3, 0.4) is 0 Å². The Morgan fingerprint density at radius 3 is 1.52 bits per heavy atom. The van der Waals surface area contributed by atoms with Crippen LogP contribution in [-0.4, -0.2) is 49.9 Å². The molecule has 8 nitrogen and oxygen atoms in total. The fourth-order valence-corrected chi connectivity index (χ4v) is 6.29. The monoisotopic (exact) mass is 778 g/mol. The zero-order valence-corrected chi connectivity index (χ0v) is 35.3. The van der Waals surface area contributed by atoms with Gasteiger partial charge in [-0.25, -0.2) is 4.57 Å². The Bertz CT molecular complexity index is 1050. The second-order valence-electron chi connectivity index (χ2n) is 13.8. The van der Waals surface area contributed by atoms with E-state index in [0.29, 0.717) is 13.0 Å². The number of carbonyl (C=O) groups is 1. The van der Waals surface area contributed by atoms with Crippen molar-refractivity contribution < 1.29 is 32.8 Å². The molecule has 9 heteroatoms. The van der Waals surface area contributed by atoms with Gasteiger partial charge in [0, 0.05) is 19.6 Å². The molecule has 0 bridgehead atoms. The summed E-state index contributed by atoms with van der Waals surface area (Å²) in [6, 6.07) is 0. The molecule has 2 unspecified atom stereocenters. The summed E-state index contributed by atoms with van der Waals surface area (Å²) in [5, 5.41) is 0. The molecule has 0 rings (SSSR count). The summed E-state index contributed by atoms with van der Waals surface area (Å²) in [4.78, 5) is 22.5. The van der Waals surface area contributed by atoms with E-state index >= 15 is 0 Å². The van der Waals surface area contributed by atoms with Gasteiger partial charge in [0.15, 0.2) is 0 Å². The number of phosphoric ester groups is 1. The third kappa shape index (κ3) is 41.1. The zero-order chi connectivity index (χ0) is 39.5. The molecule has 54 heavy (non-hydrogen) atoms. The lowest BCUT2D eigenvalue weighted by Crippen LogP contribution is -2.28. The van der Waals surface area contributed by atoms with Gasteiger partial charge in [-0.3, -0.25) is 13.8 Å². The fourth-order valence-electron chi connectivity index (χ4n) is 5.53. The summed E-state index contributed by atoms with van der Waals surface area (Å²) in [6.07, 6.45) is 52.0. The molecule has 0 aromatic rings. The van der Waals surface area contributed by atoms with Gasteiger partial charge in [-0.2, -0.15) is 0 Å². The average Bonchev–Trinajstić information content (AvgIpc) is 3.16. The van der Waals surface area contributed by atoms with Crippen molar-refractivity contribution in [1.82, 2.24) is 0 Å². The number of allylic oxidation sites excluding steroid dienone is 12. The molecule has 0 spiro atoms. The van der Waals surface area contributed by atoms with E-state index in [1.165, 1.54) is 77.0 Å². The van der Waals surface area contributed by atoms with E-state index in [2.05, 4.69) is 86.8 Å². The molecule has 0 radical (unpaired) electrons. The van der Waals surface area contributed by atoms with E-state index in [4.69, 9.17) is 24.3 Å². The topological polar surface area (TPSA) is 117 Å². The highest BCUT2D eigenvalue weighted by atomic mass is 31.2. The van der Waals surface area contributed by atoms with E-state index in [0.717, 1.165) is 64.2 Å². The second-order valence-corrected chi connectivity index (χ2v) is 15.3. The number of hydrogen-bond donors (Lipinski definition) is 2. The second kappa shape index (κ2) is 42.1. The highest BCUT2D eigenvalue weighted by Gasteiger charge is 2.25. The molecule has 3 N–H and O–H groups in total. The van der Waals surface area contributed by atoms with Crippen molar-refractivity contribution in [2.24, 2.45) is 5.73 Å². The average molecular weight is 778 g/mol. The molecule has 0 amide bonds. The normalized spacial score (nSPS) is 14.2. The highest BCUT2D eigenvalue weighted by Crippen LogP contribution is 2.43. The van der Waals surface area contributed by atoms with Crippen molar-refractivity contribution >= 4 is 13.8 Å². The van der Waals surface area contributed by atoms with Gasteiger partial charge in [-0.15, -0.1) is 0 Å². The quantitative estimate of drug-likeness (QED) is 0.0273. The zero-order valence-electron chi connectivity index (χ0n) is 34.4. The first kappa shape index (κ1) is 51.9. The van der Waals surface area contributed by atoms with Crippen LogP contribution >= 0.6 is 7.82 Å². The molecule has 0 aliphatic rings. The first-order chi connectivity index (χ1) is 26.4. The number of unbranched alkanes of at least 4 members (excludes halogenated alkanes) is 15. The van der Waals surface area contributed by atoms with Crippen molar-refractivity contribution in [3.05, 3.63) is 72.9 Å². The van der Waals surface area contributed by atoms with Gasteiger partial charge in [0.2, 0.25) is 0 Å². The number of carbonyl (C=O) groups excluding carboxylic acids is 1. The van der Waals surface area contributed by atoms with Crippen molar-refractivity contribution in [3.8, 4) is 0 Å². The van der Waals surface area contributed by atoms with Crippen LogP contribution in [0.2, 0.25) is 0 Å². The lowest BCUT2D eigenvalue weighted by molar-refractivity contribution is -0.154. The third-order valence-corrected chi connectivity index (χ3v) is 9.62. The Hall–Kier alpha value is -2.06. The van der Waals surface area contributed by atoms with Crippen molar-refractivity contribution in [2.75, 3.05) is 33.0 Å². The Kier molecular flexibility index (Phi) is 40.5. The third-order valence-electron chi connectivity index (χ3n) is 8.64. The lowest BCUT2D eigenvalue weighted by atomic mass is 10.0. The first-order valence-electron chi connectivity index (χ1n) is 21.4. The van der Waals surface area contributed by atoms with Gasteiger partial charge < -0.3 is 20.1 Å². The number of esters is 1. The molecule has 0 aromatic heterocycles. The predicted octanol–water partition coefficient (Wildman–Crippen LogP) is 12.7. The molecular formula is C45H80NO7P. The fraction of sp³-hybridized carbons (Fsp3) is 0.711. The van der Waals surface area contributed by atoms with E-state index < -0.39 is 13.9 Å². The minimum absolute atomic E-state index is 0.0905. The van der Waals surface area contributed by atoms with Crippen molar-refractivity contribution in [2.45, 2.75) is 174 Å². The van der Waals surface area contributed by atoms with Crippen LogP contribution in [0, 0.1) is 0 Å². The minimum Gasteiger partial charge on any atom is -0.457 e. The molecule has 0 fully saturated rings. The van der Waals surface area contributed by atoms with E-state index in [9.17, 15) is 14.3 Å². The van der Waals surface area contributed by atoms with Gasteiger partial charge in [-0.05, 0) is 64.2 Å². The summed E-state index contributed by atoms with van der Waals surface area (Å²) in [6.45, 7) is 4.74. The Morgan fingerprint density at radius 1 is 0.574 bits per heavy atom. The van der Waals surface area contributed by atoms with E-state index in [1.54, 1.807) is 0 Å². The van der Waals surface area contributed by atoms with Gasteiger partial charge >= 0.3 is 13.8 Å². The van der Waals surface area contributed by atoms with Crippen LogP contribution in [0.15, 0.2) is 72.9 Å². The summed E-state index contributed by atoms with van der Waals surface area (Å²) in [5.41, 5.74) is 5.36. The summed E-state index contributed by atoms with van der Waals surface area (Å²) in [5.74, 6) is -0.373. The van der Waals surface area contributed by atoms with Gasteiger partial charge in [0.25, 0.3) is 0 Å². The number of rotatable bonds is 40. The maximum absolute atomic E-state index is 12.6. The Labute approximate surface area is 331 Å². The molecule has 312 valence electrons. The summed E-state index contributed by atoms with van der Waals surface area (Å²) >= 11 is 0. The molecule has 0 aromatic carbocycles. The van der Waals surface area contributed by atoms with Gasteiger partial charge in [0.1, 0.15) is 6.10 Å². The number of phosphoric acid groups is 1. The smallest absolute Gasteiger partial charge is 0.457 e. The van der Waals surface area contributed by atoms with Crippen LogP contribution in [0.25, 0.3) is 0 Å². The Balaban J connectivity index is 4.15. The minimum atomic E-state index is -4.29. The maximum Gasteiger partial charge on any atom is 0.472 e. The highest BCUT2D eigenvalue weighted by molar-refractivity contribution is 7.47. The molecule has 0 saturated heterocycles. The predicted molar refractivity (Wildman–Crippen MR) is 228 cm³/mol. The summed E-state index contributed by atoms with van der Waals surface area (Å²) < 4.78 is 33.4. The standard InChI is InChI=1S/C45H80NO7P/c1-3-5-7-9-11-13-15-17-19-20-21-22-23-24-25-26-28-30-32-34-36-38-45(47)53-44(43-52-54(48,49)51-41-39-46)42-50-40-37-35-33-31-29-27-18-16-14-12-10-8-6-4-2/h5,7,11,13,17,19,21-22,24-25,28,30,44H,3-4,6,8-10,12,14-16,18,20,23,26-27,29,31-43,46H2,1-2H3,(H,48,49)/b7-5-,13-11-,19-17-,22-21-,25-24-,30-28-. The van der Waals surface area contributed by atoms with Crippen LogP contribution in [0.4, 0.5) is 0 Å². The molecule has 2 atom stereocenters. The maximum atomic E-state index is 12.6.